The number of imidazole rings is 1. The summed E-state index contributed by atoms with van der Waals surface area (Å²) in [6.45, 7) is 4.39. The van der Waals surface area contributed by atoms with Crippen molar-refractivity contribution in [3.8, 4) is 5.75 Å². The molecule has 21 heavy (non-hydrogen) atoms. The zero-order chi connectivity index (χ0) is 15.1. The first kappa shape index (κ1) is 15.9. The molecule has 0 amide bonds. The molecule has 114 valence electrons. The third-order valence-electron chi connectivity index (χ3n) is 3.03. The molecule has 0 bridgehead atoms. The summed E-state index contributed by atoms with van der Waals surface area (Å²) in [7, 11) is 1.65. The summed E-state index contributed by atoms with van der Waals surface area (Å²) < 4.78 is 13.6. The van der Waals surface area contributed by atoms with E-state index >= 15 is 0 Å². The van der Waals surface area contributed by atoms with E-state index in [1.54, 1.807) is 13.3 Å². The number of nitrogens with one attached hydrogen (secondary N) is 1. The van der Waals surface area contributed by atoms with Crippen molar-refractivity contribution in [1.29, 1.82) is 0 Å². The minimum atomic E-state index is 0.756. The van der Waals surface area contributed by atoms with Gasteiger partial charge in [-0.3, -0.25) is 0 Å². The maximum atomic E-state index is 5.36. The third kappa shape index (κ3) is 4.47. The molecule has 0 unspecified atom stereocenters. The normalized spacial score (nSPS) is 10.6. The molecule has 0 atom stereocenters. The molecular formula is C15H20BrN3O2. The van der Waals surface area contributed by atoms with Gasteiger partial charge in [0.2, 0.25) is 5.95 Å². The Morgan fingerprint density at radius 3 is 3.00 bits per heavy atom. The quantitative estimate of drug-likeness (QED) is 0.732. The standard InChI is InChI=1S/C15H20BrN3O2/c1-3-21-10-4-8-19-9-7-17-15(19)18-14-11-12(20-2)5-6-13(14)16/h5-7,9,11H,3-4,8,10H2,1-2H3,(H,17,18). The number of ether oxygens (including phenoxy) is 2. The Morgan fingerprint density at radius 2 is 2.24 bits per heavy atom. The molecule has 0 aliphatic carbocycles. The van der Waals surface area contributed by atoms with Crippen molar-refractivity contribution >= 4 is 27.6 Å². The lowest BCUT2D eigenvalue weighted by Crippen LogP contribution is -2.06. The summed E-state index contributed by atoms with van der Waals surface area (Å²) in [5.41, 5.74) is 0.923. The highest BCUT2D eigenvalue weighted by atomic mass is 79.9. The van der Waals surface area contributed by atoms with Gasteiger partial charge in [0.15, 0.2) is 0 Å². The number of anilines is 2. The summed E-state index contributed by atoms with van der Waals surface area (Å²) in [5, 5.41) is 3.32. The fourth-order valence-corrected chi connectivity index (χ4v) is 2.29. The van der Waals surface area contributed by atoms with Crippen molar-refractivity contribution in [2.24, 2.45) is 0 Å². The number of nitrogens with zero attached hydrogens (tertiary/aromatic N) is 2. The van der Waals surface area contributed by atoms with E-state index in [0.717, 1.165) is 48.0 Å². The third-order valence-corrected chi connectivity index (χ3v) is 3.72. The predicted octanol–water partition coefficient (Wildman–Crippen LogP) is 3.82. The summed E-state index contributed by atoms with van der Waals surface area (Å²) >= 11 is 3.53. The lowest BCUT2D eigenvalue weighted by molar-refractivity contribution is 0.142. The van der Waals surface area contributed by atoms with Crippen molar-refractivity contribution in [2.75, 3.05) is 25.6 Å². The second-order valence-electron chi connectivity index (χ2n) is 4.47. The van der Waals surface area contributed by atoms with Crippen LogP contribution < -0.4 is 10.1 Å². The molecule has 2 rings (SSSR count). The fraction of sp³-hybridized carbons (Fsp3) is 0.400. The van der Waals surface area contributed by atoms with Crippen LogP contribution in [0.15, 0.2) is 35.1 Å². The van der Waals surface area contributed by atoms with Gasteiger partial charge in [0.1, 0.15) is 5.75 Å². The SMILES string of the molecule is CCOCCCn1ccnc1Nc1cc(OC)ccc1Br. The van der Waals surface area contributed by atoms with Gasteiger partial charge in [0.25, 0.3) is 0 Å². The van der Waals surface area contributed by atoms with Crippen LogP contribution in [0.25, 0.3) is 0 Å². The zero-order valence-electron chi connectivity index (χ0n) is 12.3. The Bertz CT molecular complexity index is 572. The van der Waals surface area contributed by atoms with Crippen LogP contribution in [-0.4, -0.2) is 29.9 Å². The van der Waals surface area contributed by atoms with Gasteiger partial charge in [-0.25, -0.2) is 4.98 Å². The second-order valence-corrected chi connectivity index (χ2v) is 5.32. The number of hydrogen-bond acceptors (Lipinski definition) is 4. The molecule has 0 aliphatic rings. The summed E-state index contributed by atoms with van der Waals surface area (Å²) in [4.78, 5) is 4.36. The highest BCUT2D eigenvalue weighted by Crippen LogP contribution is 2.29. The largest absolute Gasteiger partial charge is 0.497 e. The first-order valence-electron chi connectivity index (χ1n) is 6.94. The Morgan fingerprint density at radius 1 is 1.38 bits per heavy atom. The number of methoxy groups -OCH3 is 1. The van der Waals surface area contributed by atoms with Crippen molar-refractivity contribution in [3.05, 3.63) is 35.1 Å². The van der Waals surface area contributed by atoms with Crippen molar-refractivity contribution in [2.45, 2.75) is 19.9 Å². The highest BCUT2D eigenvalue weighted by molar-refractivity contribution is 9.10. The van der Waals surface area contributed by atoms with Gasteiger partial charge in [-0.2, -0.15) is 0 Å². The zero-order valence-corrected chi connectivity index (χ0v) is 13.9. The minimum absolute atomic E-state index is 0.756. The van der Waals surface area contributed by atoms with Gasteiger partial charge in [-0.05, 0) is 41.4 Å². The Balaban J connectivity index is 2.04. The second kappa shape index (κ2) is 8.05. The van der Waals surface area contributed by atoms with Crippen LogP contribution in [0.4, 0.5) is 11.6 Å². The highest BCUT2D eigenvalue weighted by Gasteiger charge is 2.07. The van der Waals surface area contributed by atoms with Crippen LogP contribution in [0, 0.1) is 0 Å². The van der Waals surface area contributed by atoms with E-state index in [4.69, 9.17) is 9.47 Å². The van der Waals surface area contributed by atoms with E-state index in [1.165, 1.54) is 0 Å². The average molecular weight is 354 g/mol. The van der Waals surface area contributed by atoms with E-state index in [9.17, 15) is 0 Å². The van der Waals surface area contributed by atoms with E-state index in [-0.39, 0.29) is 0 Å². The van der Waals surface area contributed by atoms with Crippen LogP contribution in [0.5, 0.6) is 5.75 Å². The molecule has 5 nitrogen and oxygen atoms in total. The van der Waals surface area contributed by atoms with Crippen LogP contribution in [0.2, 0.25) is 0 Å². The Labute approximate surface area is 133 Å². The summed E-state index contributed by atoms with van der Waals surface area (Å²) in [6.07, 6.45) is 4.71. The van der Waals surface area contributed by atoms with Crippen LogP contribution in [0.1, 0.15) is 13.3 Å². The molecule has 1 aromatic heterocycles. The van der Waals surface area contributed by atoms with E-state index < -0.39 is 0 Å². The minimum Gasteiger partial charge on any atom is -0.497 e. The lowest BCUT2D eigenvalue weighted by Gasteiger charge is -2.12. The van der Waals surface area contributed by atoms with Crippen molar-refractivity contribution in [3.63, 3.8) is 0 Å². The van der Waals surface area contributed by atoms with Gasteiger partial charge >= 0.3 is 0 Å². The summed E-state index contributed by atoms with van der Waals surface area (Å²) in [5.74, 6) is 1.61. The first-order valence-corrected chi connectivity index (χ1v) is 7.73. The molecule has 0 saturated carbocycles. The molecule has 0 saturated heterocycles. The molecule has 0 aliphatic heterocycles. The van der Waals surface area contributed by atoms with Gasteiger partial charge in [0, 0.05) is 42.7 Å². The van der Waals surface area contributed by atoms with Gasteiger partial charge in [-0.15, -0.1) is 0 Å². The maximum Gasteiger partial charge on any atom is 0.207 e. The summed E-state index contributed by atoms with van der Waals surface area (Å²) in [6, 6.07) is 5.79. The number of aromatic nitrogens is 2. The monoisotopic (exact) mass is 353 g/mol. The molecular weight excluding hydrogens is 334 g/mol. The number of hydrogen-bond donors (Lipinski definition) is 1. The van der Waals surface area contributed by atoms with Crippen molar-refractivity contribution < 1.29 is 9.47 Å². The Hall–Kier alpha value is -1.53. The van der Waals surface area contributed by atoms with Crippen LogP contribution in [-0.2, 0) is 11.3 Å². The number of rotatable bonds is 8. The molecule has 0 fully saturated rings. The molecule has 1 N–H and O–H groups in total. The smallest absolute Gasteiger partial charge is 0.207 e. The van der Waals surface area contributed by atoms with Crippen LogP contribution >= 0.6 is 15.9 Å². The number of benzene rings is 1. The molecule has 2 aromatic rings. The van der Waals surface area contributed by atoms with E-state index in [2.05, 4.69) is 30.8 Å². The number of aryl methyl sites for hydroxylation is 1. The number of halogens is 1. The average Bonchev–Trinajstić information content (AvgIpc) is 2.93. The van der Waals surface area contributed by atoms with Gasteiger partial charge in [-0.1, -0.05) is 0 Å². The fourth-order valence-electron chi connectivity index (χ4n) is 1.94. The molecule has 1 heterocycles. The van der Waals surface area contributed by atoms with Gasteiger partial charge in [0.05, 0.1) is 12.8 Å². The lowest BCUT2D eigenvalue weighted by atomic mass is 10.3. The topological polar surface area (TPSA) is 48.3 Å². The van der Waals surface area contributed by atoms with E-state index in [1.807, 2.05) is 31.3 Å². The van der Waals surface area contributed by atoms with Crippen molar-refractivity contribution in [1.82, 2.24) is 9.55 Å². The molecule has 0 spiro atoms. The first-order chi connectivity index (χ1) is 10.2. The van der Waals surface area contributed by atoms with E-state index in [0.29, 0.717) is 0 Å². The molecule has 0 radical (unpaired) electrons. The van der Waals surface area contributed by atoms with Crippen LogP contribution in [0.3, 0.4) is 0 Å². The Kier molecular flexibility index (Phi) is 6.07. The maximum absolute atomic E-state index is 5.36. The molecule has 1 aromatic carbocycles. The molecule has 6 heteroatoms. The predicted molar refractivity (Wildman–Crippen MR) is 87.3 cm³/mol. The van der Waals surface area contributed by atoms with Gasteiger partial charge < -0.3 is 19.4 Å².